The zero-order chi connectivity index (χ0) is 15.1. The van der Waals surface area contributed by atoms with Crippen molar-refractivity contribution in [2.45, 2.75) is 24.9 Å². The Kier molecular flexibility index (Phi) is 5.43. The normalized spacial score (nSPS) is 11.7. The van der Waals surface area contributed by atoms with E-state index >= 15 is 0 Å². The first-order chi connectivity index (χ1) is 10.1. The number of hydrogen-bond acceptors (Lipinski definition) is 5. The van der Waals surface area contributed by atoms with Crippen molar-refractivity contribution >= 4 is 10.0 Å². The summed E-state index contributed by atoms with van der Waals surface area (Å²) in [5.41, 5.74) is 0.757. The number of benzene rings is 1. The van der Waals surface area contributed by atoms with Crippen molar-refractivity contribution in [2.24, 2.45) is 0 Å². The molecule has 0 aliphatic carbocycles. The Morgan fingerprint density at radius 2 is 2.10 bits per heavy atom. The summed E-state index contributed by atoms with van der Waals surface area (Å²) >= 11 is 0. The first kappa shape index (κ1) is 15.6. The molecule has 1 aromatic carbocycles. The van der Waals surface area contributed by atoms with E-state index in [4.69, 9.17) is 0 Å². The molecule has 114 valence electrons. The van der Waals surface area contributed by atoms with Crippen molar-refractivity contribution < 1.29 is 8.42 Å². The highest BCUT2D eigenvalue weighted by atomic mass is 32.2. The van der Waals surface area contributed by atoms with Gasteiger partial charge in [0.15, 0.2) is 0 Å². The van der Waals surface area contributed by atoms with Gasteiger partial charge in [0, 0.05) is 19.3 Å². The predicted octanol–water partition coefficient (Wildman–Crippen LogP) is 0.366. The molecule has 0 atom stereocenters. The van der Waals surface area contributed by atoms with Gasteiger partial charge in [-0.2, -0.15) is 0 Å². The second-order valence-electron chi connectivity index (χ2n) is 4.45. The lowest BCUT2D eigenvalue weighted by molar-refractivity contribution is 0.551. The van der Waals surface area contributed by atoms with Gasteiger partial charge in [0.25, 0.3) is 0 Å². The summed E-state index contributed by atoms with van der Waals surface area (Å²) in [5, 5.41) is 10.6. The van der Waals surface area contributed by atoms with E-state index in [0.29, 0.717) is 18.0 Å². The lowest BCUT2D eigenvalue weighted by Gasteiger charge is -2.11. The van der Waals surface area contributed by atoms with E-state index in [0.717, 1.165) is 12.1 Å². The van der Waals surface area contributed by atoms with Crippen LogP contribution in [0.25, 0.3) is 0 Å². The van der Waals surface area contributed by atoms with Gasteiger partial charge < -0.3 is 5.32 Å². The summed E-state index contributed by atoms with van der Waals surface area (Å²) in [6, 6.07) is 6.99. The van der Waals surface area contributed by atoms with Crippen LogP contribution in [-0.4, -0.2) is 36.5 Å². The van der Waals surface area contributed by atoms with Crippen LogP contribution in [-0.2, 0) is 23.1 Å². The van der Waals surface area contributed by atoms with Crippen LogP contribution in [0.2, 0.25) is 0 Å². The van der Waals surface area contributed by atoms with E-state index in [1.165, 1.54) is 0 Å². The highest BCUT2D eigenvalue weighted by molar-refractivity contribution is 7.89. The fourth-order valence-corrected chi connectivity index (χ4v) is 3.15. The third-order valence-electron chi connectivity index (χ3n) is 2.93. The molecule has 7 nitrogen and oxygen atoms in total. The predicted molar refractivity (Wildman–Crippen MR) is 79.0 cm³/mol. The average Bonchev–Trinajstić information content (AvgIpc) is 2.98. The van der Waals surface area contributed by atoms with Crippen LogP contribution in [0.3, 0.4) is 0 Å². The van der Waals surface area contributed by atoms with Crippen LogP contribution in [0.15, 0.2) is 41.6 Å². The third kappa shape index (κ3) is 4.35. The second kappa shape index (κ2) is 7.30. The van der Waals surface area contributed by atoms with Gasteiger partial charge in [0.05, 0.1) is 17.6 Å². The Labute approximate surface area is 124 Å². The van der Waals surface area contributed by atoms with E-state index in [2.05, 4.69) is 20.4 Å². The van der Waals surface area contributed by atoms with Crippen LogP contribution in [0, 0.1) is 0 Å². The molecule has 2 N–H and O–H groups in total. The van der Waals surface area contributed by atoms with Crippen molar-refractivity contribution in [3.05, 3.63) is 42.2 Å². The molecule has 0 aliphatic heterocycles. The number of nitrogens with zero attached hydrogens (tertiary/aromatic N) is 3. The molecule has 0 bridgehead atoms. The van der Waals surface area contributed by atoms with Crippen molar-refractivity contribution in [1.29, 1.82) is 0 Å². The summed E-state index contributed by atoms with van der Waals surface area (Å²) < 4.78 is 28.9. The molecule has 21 heavy (non-hydrogen) atoms. The maximum Gasteiger partial charge on any atom is 0.240 e. The fraction of sp³-hybridized carbons (Fsp3) is 0.385. The maximum absolute atomic E-state index is 12.4. The van der Waals surface area contributed by atoms with Crippen LogP contribution < -0.4 is 10.0 Å². The highest BCUT2D eigenvalue weighted by Crippen LogP contribution is 2.14. The Balaban J connectivity index is 2.04. The first-order valence-corrected chi connectivity index (χ1v) is 8.24. The molecule has 0 radical (unpaired) electrons. The van der Waals surface area contributed by atoms with Crippen molar-refractivity contribution in [2.75, 3.05) is 13.1 Å². The van der Waals surface area contributed by atoms with E-state index in [9.17, 15) is 8.42 Å². The van der Waals surface area contributed by atoms with E-state index in [1.807, 2.05) is 19.1 Å². The molecule has 2 aromatic rings. The number of sulfonamides is 1. The van der Waals surface area contributed by atoms with Crippen LogP contribution in [0.4, 0.5) is 0 Å². The second-order valence-corrected chi connectivity index (χ2v) is 6.19. The van der Waals surface area contributed by atoms with Crippen molar-refractivity contribution in [1.82, 2.24) is 25.0 Å². The molecule has 0 fully saturated rings. The molecule has 0 spiro atoms. The minimum atomic E-state index is -3.53. The molecule has 1 aromatic heterocycles. The van der Waals surface area contributed by atoms with Gasteiger partial charge in [-0.05, 0) is 18.2 Å². The quantitative estimate of drug-likeness (QED) is 0.735. The van der Waals surface area contributed by atoms with E-state index < -0.39 is 10.0 Å². The molecule has 0 saturated heterocycles. The molecule has 1 heterocycles. The van der Waals surface area contributed by atoms with Crippen LogP contribution in [0.1, 0.15) is 12.5 Å². The van der Waals surface area contributed by atoms with E-state index in [1.54, 1.807) is 29.2 Å². The lowest BCUT2D eigenvalue weighted by Crippen LogP contribution is -2.29. The Morgan fingerprint density at radius 1 is 1.29 bits per heavy atom. The lowest BCUT2D eigenvalue weighted by atomic mass is 10.2. The van der Waals surface area contributed by atoms with Gasteiger partial charge in [0.2, 0.25) is 10.0 Å². The number of aromatic nitrogens is 3. The molecular weight excluding hydrogens is 290 g/mol. The Bertz CT molecular complexity index is 655. The molecule has 8 heteroatoms. The van der Waals surface area contributed by atoms with Crippen LogP contribution in [0.5, 0.6) is 0 Å². The topological polar surface area (TPSA) is 88.9 Å². The first-order valence-electron chi connectivity index (χ1n) is 6.76. The number of rotatable bonds is 8. The monoisotopic (exact) mass is 309 g/mol. The van der Waals surface area contributed by atoms with Crippen LogP contribution >= 0.6 is 0 Å². The van der Waals surface area contributed by atoms with Gasteiger partial charge >= 0.3 is 0 Å². The number of hydrogen-bond donors (Lipinski definition) is 2. The van der Waals surface area contributed by atoms with Crippen molar-refractivity contribution in [3.8, 4) is 0 Å². The molecule has 0 saturated carbocycles. The molecule has 0 unspecified atom stereocenters. The third-order valence-corrected chi connectivity index (χ3v) is 4.49. The van der Waals surface area contributed by atoms with E-state index in [-0.39, 0.29) is 6.54 Å². The minimum Gasteiger partial charge on any atom is -0.313 e. The maximum atomic E-state index is 12.4. The highest BCUT2D eigenvalue weighted by Gasteiger charge is 2.17. The molecule has 2 rings (SSSR count). The zero-order valence-corrected chi connectivity index (χ0v) is 12.7. The number of nitrogens with one attached hydrogen (secondary N) is 2. The Hall–Kier alpha value is -1.77. The minimum absolute atomic E-state index is 0.265. The SMILES string of the molecule is CCNCc1ccccc1S(=O)(=O)NCCn1ccnn1. The van der Waals surface area contributed by atoms with Gasteiger partial charge in [0.1, 0.15) is 0 Å². The standard InChI is InChI=1S/C13H19N5O2S/c1-2-14-11-12-5-3-4-6-13(12)21(19,20)16-8-10-18-9-7-15-17-18/h3-7,9,14,16H,2,8,10-11H2,1H3. The smallest absolute Gasteiger partial charge is 0.240 e. The summed E-state index contributed by atoms with van der Waals surface area (Å²) in [7, 11) is -3.53. The van der Waals surface area contributed by atoms with Gasteiger partial charge in [-0.1, -0.05) is 30.3 Å². The van der Waals surface area contributed by atoms with Gasteiger partial charge in [-0.3, -0.25) is 4.68 Å². The fourth-order valence-electron chi connectivity index (χ4n) is 1.90. The molecular formula is C13H19N5O2S. The Morgan fingerprint density at radius 3 is 2.81 bits per heavy atom. The molecule has 0 aliphatic rings. The summed E-state index contributed by atoms with van der Waals surface area (Å²) in [6.07, 6.45) is 3.24. The summed E-state index contributed by atoms with van der Waals surface area (Å²) in [6.45, 7) is 3.99. The van der Waals surface area contributed by atoms with Gasteiger partial charge in [-0.25, -0.2) is 13.1 Å². The van der Waals surface area contributed by atoms with Crippen molar-refractivity contribution in [3.63, 3.8) is 0 Å². The summed E-state index contributed by atoms with van der Waals surface area (Å²) in [4.78, 5) is 0.310. The average molecular weight is 309 g/mol. The summed E-state index contributed by atoms with van der Waals surface area (Å²) in [5.74, 6) is 0. The zero-order valence-electron chi connectivity index (χ0n) is 11.9. The van der Waals surface area contributed by atoms with Gasteiger partial charge in [-0.15, -0.1) is 5.10 Å². The molecule has 0 amide bonds. The largest absolute Gasteiger partial charge is 0.313 e.